The summed E-state index contributed by atoms with van der Waals surface area (Å²) in [5.74, 6) is -0.509. The number of nitrogens with two attached hydrogens (primary N) is 1. The Hall–Kier alpha value is -0.840. The van der Waals surface area contributed by atoms with Crippen LogP contribution in [0.1, 0.15) is 6.42 Å². The zero-order valence-electron chi connectivity index (χ0n) is 10.1. The van der Waals surface area contributed by atoms with E-state index in [4.69, 9.17) is 5.73 Å². The molecule has 0 aromatic heterocycles. The van der Waals surface area contributed by atoms with E-state index in [2.05, 4.69) is 25.4 Å². The highest BCUT2D eigenvalue weighted by Gasteiger charge is 2.31. The lowest BCUT2D eigenvalue weighted by atomic mass is 10.3. The number of hydrogen-bond acceptors (Lipinski definition) is 4. The average molecular weight is 377 g/mol. The molecule has 0 radical (unpaired) electrons. The Kier molecular flexibility index (Phi) is 5.80. The van der Waals surface area contributed by atoms with Gasteiger partial charge in [0.05, 0.1) is 4.90 Å². The van der Waals surface area contributed by atoms with Gasteiger partial charge >= 0.3 is 6.36 Å². The molecule has 0 atom stereocenters. The van der Waals surface area contributed by atoms with E-state index in [0.29, 0.717) is 13.0 Å². The number of hydrogen-bond donors (Lipinski definition) is 2. The Bertz CT molecular complexity index is 563. The standard InChI is InChI=1S/C10H12BrF3N2O3S/c11-8-6-7(19-10(12,13)14)2-3-9(8)20(17,18)16-5-1-4-15/h2-3,6,16H,1,4-5,15H2. The highest BCUT2D eigenvalue weighted by molar-refractivity contribution is 9.10. The van der Waals surface area contributed by atoms with Gasteiger partial charge in [0.2, 0.25) is 10.0 Å². The number of rotatable bonds is 6. The summed E-state index contributed by atoms with van der Waals surface area (Å²) < 4.78 is 65.8. The van der Waals surface area contributed by atoms with Gasteiger partial charge in [0.1, 0.15) is 5.75 Å². The summed E-state index contributed by atoms with van der Waals surface area (Å²) in [4.78, 5) is -0.177. The van der Waals surface area contributed by atoms with Gasteiger partial charge in [-0.3, -0.25) is 0 Å². The van der Waals surface area contributed by atoms with Gasteiger partial charge < -0.3 is 10.5 Å². The van der Waals surface area contributed by atoms with Crippen LogP contribution in [0.5, 0.6) is 5.75 Å². The molecule has 0 aliphatic carbocycles. The van der Waals surface area contributed by atoms with E-state index in [-0.39, 0.29) is 15.9 Å². The molecule has 0 fully saturated rings. The van der Waals surface area contributed by atoms with E-state index in [1.54, 1.807) is 0 Å². The third-order valence-electron chi connectivity index (χ3n) is 2.10. The summed E-state index contributed by atoms with van der Waals surface area (Å²) in [7, 11) is -3.81. The minimum atomic E-state index is -4.83. The lowest BCUT2D eigenvalue weighted by molar-refractivity contribution is -0.274. The van der Waals surface area contributed by atoms with E-state index in [1.807, 2.05) is 0 Å². The van der Waals surface area contributed by atoms with Crippen LogP contribution in [0.4, 0.5) is 13.2 Å². The van der Waals surface area contributed by atoms with Crippen molar-refractivity contribution in [1.82, 2.24) is 4.72 Å². The predicted octanol–water partition coefficient (Wildman–Crippen LogP) is 1.97. The SMILES string of the molecule is NCCCNS(=O)(=O)c1ccc(OC(F)(F)F)cc1Br. The maximum absolute atomic E-state index is 12.0. The number of benzene rings is 1. The van der Waals surface area contributed by atoms with E-state index in [1.165, 1.54) is 0 Å². The van der Waals surface area contributed by atoms with Crippen molar-refractivity contribution in [2.75, 3.05) is 13.1 Å². The summed E-state index contributed by atoms with van der Waals surface area (Å²) in [5.41, 5.74) is 5.24. The highest BCUT2D eigenvalue weighted by Crippen LogP contribution is 2.29. The zero-order chi connectivity index (χ0) is 15.4. The van der Waals surface area contributed by atoms with Gasteiger partial charge in [0.25, 0.3) is 0 Å². The van der Waals surface area contributed by atoms with E-state index in [9.17, 15) is 21.6 Å². The largest absolute Gasteiger partial charge is 0.573 e. The Balaban J connectivity index is 2.92. The van der Waals surface area contributed by atoms with Crippen LogP contribution >= 0.6 is 15.9 Å². The molecule has 1 aromatic carbocycles. The van der Waals surface area contributed by atoms with E-state index in [0.717, 1.165) is 18.2 Å². The summed E-state index contributed by atoms with van der Waals surface area (Å²) in [6.07, 6.45) is -4.38. The van der Waals surface area contributed by atoms with Crippen LogP contribution in [0.15, 0.2) is 27.6 Å². The first-order valence-corrected chi connectivity index (χ1v) is 7.68. The molecule has 0 unspecified atom stereocenters. The molecular weight excluding hydrogens is 365 g/mol. The molecule has 1 aromatic rings. The van der Waals surface area contributed by atoms with Gasteiger partial charge in [-0.25, -0.2) is 13.1 Å². The molecule has 10 heteroatoms. The minimum Gasteiger partial charge on any atom is -0.406 e. The van der Waals surface area contributed by atoms with Crippen molar-refractivity contribution >= 4 is 26.0 Å². The second-order valence-corrected chi connectivity index (χ2v) is 6.27. The molecule has 0 saturated heterocycles. The number of halogens is 4. The Morgan fingerprint density at radius 3 is 2.50 bits per heavy atom. The summed E-state index contributed by atoms with van der Waals surface area (Å²) in [6.45, 7) is 0.466. The zero-order valence-corrected chi connectivity index (χ0v) is 12.5. The summed E-state index contributed by atoms with van der Waals surface area (Å²) >= 11 is 2.91. The van der Waals surface area contributed by atoms with Gasteiger partial charge in [-0.05, 0) is 47.1 Å². The number of ether oxygens (including phenoxy) is 1. The fraction of sp³-hybridized carbons (Fsp3) is 0.400. The third kappa shape index (κ3) is 5.27. The topological polar surface area (TPSA) is 81.4 Å². The molecule has 0 saturated carbocycles. The smallest absolute Gasteiger partial charge is 0.406 e. The van der Waals surface area contributed by atoms with Crippen LogP contribution in [0.25, 0.3) is 0 Å². The molecule has 0 aliphatic rings. The van der Waals surface area contributed by atoms with Crippen molar-refractivity contribution < 1.29 is 26.3 Å². The molecule has 5 nitrogen and oxygen atoms in total. The normalized spacial score (nSPS) is 12.4. The average Bonchev–Trinajstić information content (AvgIpc) is 2.26. The Labute approximate surface area is 122 Å². The van der Waals surface area contributed by atoms with Crippen LogP contribution in [-0.4, -0.2) is 27.9 Å². The van der Waals surface area contributed by atoms with Crippen LogP contribution in [0, 0.1) is 0 Å². The van der Waals surface area contributed by atoms with Gasteiger partial charge in [-0.1, -0.05) is 0 Å². The first kappa shape index (κ1) is 17.2. The van der Waals surface area contributed by atoms with E-state index < -0.39 is 22.1 Å². The van der Waals surface area contributed by atoms with Gasteiger partial charge in [-0.15, -0.1) is 13.2 Å². The lowest BCUT2D eigenvalue weighted by Gasteiger charge is -2.11. The number of sulfonamides is 1. The predicted molar refractivity (Wildman–Crippen MR) is 69.7 cm³/mol. The molecule has 0 amide bonds. The van der Waals surface area contributed by atoms with Crippen molar-refractivity contribution in [2.24, 2.45) is 5.73 Å². The quantitative estimate of drug-likeness (QED) is 0.743. The fourth-order valence-electron chi connectivity index (χ4n) is 1.28. The van der Waals surface area contributed by atoms with E-state index >= 15 is 0 Å². The Morgan fingerprint density at radius 2 is 2.00 bits per heavy atom. The molecule has 0 bridgehead atoms. The molecule has 0 aliphatic heterocycles. The molecular formula is C10H12BrF3N2O3S. The van der Waals surface area contributed by atoms with Gasteiger partial charge in [0.15, 0.2) is 0 Å². The van der Waals surface area contributed by atoms with Crippen molar-refractivity contribution in [3.8, 4) is 5.75 Å². The second-order valence-electron chi connectivity index (χ2n) is 3.68. The minimum absolute atomic E-state index is 0.0282. The maximum atomic E-state index is 12.0. The second kappa shape index (κ2) is 6.74. The van der Waals surface area contributed by atoms with Crippen molar-refractivity contribution in [2.45, 2.75) is 17.7 Å². The molecule has 0 spiro atoms. The molecule has 20 heavy (non-hydrogen) atoms. The first-order valence-electron chi connectivity index (χ1n) is 5.41. The van der Waals surface area contributed by atoms with Crippen molar-refractivity contribution in [3.05, 3.63) is 22.7 Å². The summed E-state index contributed by atoms with van der Waals surface area (Å²) in [5, 5.41) is 0. The van der Waals surface area contributed by atoms with Crippen LogP contribution in [0.2, 0.25) is 0 Å². The number of nitrogens with one attached hydrogen (secondary N) is 1. The monoisotopic (exact) mass is 376 g/mol. The molecule has 0 heterocycles. The highest BCUT2D eigenvalue weighted by atomic mass is 79.9. The van der Waals surface area contributed by atoms with Crippen LogP contribution in [-0.2, 0) is 10.0 Å². The fourth-order valence-corrected chi connectivity index (χ4v) is 3.41. The van der Waals surface area contributed by atoms with Crippen molar-refractivity contribution in [1.29, 1.82) is 0 Å². The molecule has 1 rings (SSSR count). The van der Waals surface area contributed by atoms with Gasteiger partial charge in [0, 0.05) is 11.0 Å². The van der Waals surface area contributed by atoms with Gasteiger partial charge in [-0.2, -0.15) is 0 Å². The molecule has 114 valence electrons. The van der Waals surface area contributed by atoms with Crippen molar-refractivity contribution in [3.63, 3.8) is 0 Å². The Morgan fingerprint density at radius 1 is 1.35 bits per heavy atom. The third-order valence-corrected chi connectivity index (χ3v) is 4.54. The van der Waals surface area contributed by atoms with Crippen LogP contribution in [0.3, 0.4) is 0 Å². The number of alkyl halides is 3. The first-order chi connectivity index (χ1) is 9.15. The lowest BCUT2D eigenvalue weighted by Crippen LogP contribution is -2.26. The molecule has 3 N–H and O–H groups in total. The maximum Gasteiger partial charge on any atom is 0.573 e. The summed E-state index contributed by atoms with van der Waals surface area (Å²) in [6, 6.07) is 2.89. The van der Waals surface area contributed by atoms with Crippen LogP contribution < -0.4 is 15.2 Å².